The van der Waals surface area contributed by atoms with E-state index in [-0.39, 0.29) is 16.8 Å². The van der Waals surface area contributed by atoms with E-state index in [9.17, 15) is 13.2 Å². The fourth-order valence-corrected chi connectivity index (χ4v) is 2.30. The van der Waals surface area contributed by atoms with Gasteiger partial charge in [0.25, 0.3) is 0 Å². The van der Waals surface area contributed by atoms with Crippen LogP contribution in [0.15, 0.2) is 53.5 Å². The molecule has 0 radical (unpaired) electrons. The highest BCUT2D eigenvalue weighted by Crippen LogP contribution is 2.21. The second-order valence-corrected chi connectivity index (χ2v) is 6.19. The second kappa shape index (κ2) is 7.19. The van der Waals surface area contributed by atoms with Crippen LogP contribution in [0.1, 0.15) is 25.5 Å². The summed E-state index contributed by atoms with van der Waals surface area (Å²) in [4.78, 5) is 13.5. The van der Waals surface area contributed by atoms with E-state index in [4.69, 9.17) is 5.14 Å². The van der Waals surface area contributed by atoms with Gasteiger partial charge in [0.1, 0.15) is 0 Å². The molecule has 0 spiro atoms. The summed E-state index contributed by atoms with van der Waals surface area (Å²) in [6.07, 6.45) is 6.70. The zero-order valence-electron chi connectivity index (χ0n) is 12.4. The van der Waals surface area contributed by atoms with Crippen molar-refractivity contribution < 1.29 is 13.2 Å². The maximum absolute atomic E-state index is 12.0. The number of likely N-dealkylation sites (N-methyl/N-ethyl adjacent to an activating group) is 1. The van der Waals surface area contributed by atoms with Crippen molar-refractivity contribution in [2.75, 3.05) is 7.05 Å². The number of sulfonamides is 1. The van der Waals surface area contributed by atoms with Crippen LogP contribution in [0.3, 0.4) is 0 Å². The average Bonchev–Trinajstić information content (AvgIpc) is 2.45. The first-order chi connectivity index (χ1) is 9.77. The quantitative estimate of drug-likeness (QED) is 0.667. The van der Waals surface area contributed by atoms with Gasteiger partial charge >= 0.3 is 0 Å². The predicted molar refractivity (Wildman–Crippen MR) is 83.0 cm³/mol. The minimum absolute atomic E-state index is 0.0390. The molecule has 1 amide bonds. The Morgan fingerprint density at radius 2 is 2.00 bits per heavy atom. The van der Waals surface area contributed by atoms with E-state index in [0.29, 0.717) is 5.56 Å². The van der Waals surface area contributed by atoms with Crippen molar-refractivity contribution in [1.82, 2.24) is 4.90 Å². The number of amides is 1. The fourth-order valence-electron chi connectivity index (χ4n) is 1.73. The van der Waals surface area contributed by atoms with Crippen molar-refractivity contribution in [3.05, 3.63) is 54.1 Å². The van der Waals surface area contributed by atoms with Crippen LogP contribution in [0, 0.1) is 0 Å². The lowest BCUT2D eigenvalue weighted by molar-refractivity contribution is -0.126. The molecular weight excluding hydrogens is 288 g/mol. The lowest BCUT2D eigenvalue weighted by Gasteiger charge is -2.24. The monoisotopic (exact) mass is 308 g/mol. The van der Waals surface area contributed by atoms with Gasteiger partial charge in [-0.25, -0.2) is 13.6 Å². The minimum atomic E-state index is -3.75. The number of allylic oxidation sites excluding steroid dienone is 3. The van der Waals surface area contributed by atoms with Crippen molar-refractivity contribution >= 4 is 15.9 Å². The van der Waals surface area contributed by atoms with Crippen molar-refractivity contribution in [3.63, 3.8) is 0 Å². The molecule has 0 saturated carbocycles. The molecule has 6 heteroatoms. The zero-order valence-corrected chi connectivity index (χ0v) is 13.2. The molecule has 1 atom stereocenters. The summed E-state index contributed by atoms with van der Waals surface area (Å²) in [5.74, 6) is -0.165. The van der Waals surface area contributed by atoms with Crippen LogP contribution >= 0.6 is 0 Å². The topological polar surface area (TPSA) is 80.5 Å². The first-order valence-electron chi connectivity index (χ1n) is 6.46. The van der Waals surface area contributed by atoms with Gasteiger partial charge in [0, 0.05) is 13.1 Å². The lowest BCUT2D eigenvalue weighted by Crippen LogP contribution is -2.28. The van der Waals surface area contributed by atoms with Crippen LogP contribution in [-0.4, -0.2) is 26.3 Å². The highest BCUT2D eigenvalue weighted by Gasteiger charge is 2.17. The predicted octanol–water partition coefficient (Wildman–Crippen LogP) is 1.99. The van der Waals surface area contributed by atoms with Gasteiger partial charge in [-0.2, -0.15) is 0 Å². The van der Waals surface area contributed by atoms with E-state index in [1.807, 2.05) is 19.9 Å². The summed E-state index contributed by atoms with van der Waals surface area (Å²) in [6.45, 7) is 3.68. The smallest absolute Gasteiger partial charge is 0.246 e. The number of carbonyl (C=O) groups excluding carboxylic acids is 1. The summed E-state index contributed by atoms with van der Waals surface area (Å²) >= 11 is 0. The molecule has 0 unspecified atom stereocenters. The number of benzene rings is 1. The summed E-state index contributed by atoms with van der Waals surface area (Å²) in [5.41, 5.74) is 0.705. The molecule has 1 rings (SSSR count). The molecular formula is C15H20N2O3S. The van der Waals surface area contributed by atoms with Crippen molar-refractivity contribution in [1.29, 1.82) is 0 Å². The number of hydrogen-bond acceptors (Lipinski definition) is 3. The zero-order chi connectivity index (χ0) is 16.0. The van der Waals surface area contributed by atoms with Crippen molar-refractivity contribution in [3.8, 4) is 0 Å². The van der Waals surface area contributed by atoms with Gasteiger partial charge < -0.3 is 4.90 Å². The Bertz CT molecular complexity index is 663. The Balaban J connectivity index is 2.98. The third kappa shape index (κ3) is 4.84. The molecule has 0 aliphatic rings. The van der Waals surface area contributed by atoms with Crippen LogP contribution in [0.5, 0.6) is 0 Å². The molecule has 0 saturated heterocycles. The Morgan fingerprint density at radius 1 is 1.33 bits per heavy atom. The van der Waals surface area contributed by atoms with Gasteiger partial charge in [-0.05, 0) is 31.5 Å². The molecule has 2 N–H and O–H groups in total. The van der Waals surface area contributed by atoms with Crippen LogP contribution in [-0.2, 0) is 14.8 Å². The number of rotatable bonds is 5. The Kier molecular flexibility index (Phi) is 5.87. The van der Waals surface area contributed by atoms with Crippen LogP contribution in [0.4, 0.5) is 0 Å². The van der Waals surface area contributed by atoms with E-state index in [2.05, 4.69) is 0 Å². The maximum Gasteiger partial charge on any atom is 0.246 e. The molecule has 114 valence electrons. The highest BCUT2D eigenvalue weighted by molar-refractivity contribution is 7.89. The Labute approximate surface area is 125 Å². The minimum Gasteiger partial charge on any atom is -0.335 e. The average molecular weight is 308 g/mol. The largest absolute Gasteiger partial charge is 0.335 e. The summed E-state index contributed by atoms with van der Waals surface area (Å²) in [5, 5.41) is 5.12. The molecule has 1 aromatic carbocycles. The SMILES string of the molecule is C/C=C/C=C\C(=O)N(C)[C@H](C)c1cccc(S(N)(=O)=O)c1. The van der Waals surface area contributed by atoms with E-state index in [1.54, 1.807) is 31.3 Å². The fraction of sp³-hybridized carbons (Fsp3) is 0.267. The molecule has 0 aromatic heterocycles. The first kappa shape index (κ1) is 17.1. The first-order valence-corrected chi connectivity index (χ1v) is 8.01. The van der Waals surface area contributed by atoms with Crippen LogP contribution in [0.2, 0.25) is 0 Å². The summed E-state index contributed by atoms with van der Waals surface area (Å²) < 4.78 is 22.7. The number of nitrogens with two attached hydrogens (primary N) is 1. The molecule has 21 heavy (non-hydrogen) atoms. The number of nitrogens with zero attached hydrogens (tertiary/aromatic N) is 1. The van der Waals surface area contributed by atoms with E-state index < -0.39 is 10.0 Å². The number of hydrogen-bond donors (Lipinski definition) is 1. The molecule has 1 aromatic rings. The van der Waals surface area contributed by atoms with Gasteiger partial charge in [-0.3, -0.25) is 4.79 Å². The number of primary sulfonamides is 1. The Morgan fingerprint density at radius 3 is 2.57 bits per heavy atom. The molecule has 0 fully saturated rings. The molecule has 0 bridgehead atoms. The van der Waals surface area contributed by atoms with Crippen molar-refractivity contribution in [2.24, 2.45) is 5.14 Å². The number of carbonyl (C=O) groups is 1. The van der Waals surface area contributed by atoms with Gasteiger partial charge in [0.15, 0.2) is 0 Å². The lowest BCUT2D eigenvalue weighted by atomic mass is 10.1. The van der Waals surface area contributed by atoms with Gasteiger partial charge in [-0.15, -0.1) is 0 Å². The third-order valence-corrected chi connectivity index (χ3v) is 4.05. The van der Waals surface area contributed by atoms with Gasteiger partial charge in [0.05, 0.1) is 10.9 Å². The third-order valence-electron chi connectivity index (χ3n) is 3.14. The molecule has 5 nitrogen and oxygen atoms in total. The normalized spacial score (nSPS) is 13.7. The maximum atomic E-state index is 12.0. The van der Waals surface area contributed by atoms with Crippen LogP contribution < -0.4 is 5.14 Å². The van der Waals surface area contributed by atoms with E-state index >= 15 is 0 Å². The Hall–Kier alpha value is -1.92. The van der Waals surface area contributed by atoms with Gasteiger partial charge in [0.2, 0.25) is 15.9 Å². The summed E-state index contributed by atoms with van der Waals surface area (Å²) in [7, 11) is -2.09. The molecule has 0 aliphatic heterocycles. The van der Waals surface area contributed by atoms with Crippen molar-refractivity contribution in [2.45, 2.75) is 24.8 Å². The second-order valence-electron chi connectivity index (χ2n) is 4.63. The molecule has 0 heterocycles. The van der Waals surface area contributed by atoms with Crippen LogP contribution in [0.25, 0.3) is 0 Å². The van der Waals surface area contributed by atoms with E-state index in [0.717, 1.165) is 0 Å². The van der Waals surface area contributed by atoms with Gasteiger partial charge in [-0.1, -0.05) is 30.4 Å². The van der Waals surface area contributed by atoms with E-state index in [1.165, 1.54) is 23.1 Å². The molecule has 0 aliphatic carbocycles. The highest BCUT2D eigenvalue weighted by atomic mass is 32.2. The summed E-state index contributed by atoms with van der Waals surface area (Å²) in [6, 6.07) is 6.02. The standard InChI is InChI=1S/C15H20N2O3S/c1-4-5-6-10-15(18)17(3)12(2)13-8-7-9-14(11-13)21(16,19)20/h4-12H,1-3H3,(H2,16,19,20)/b5-4+,10-6-/t12-/m1/s1.